The summed E-state index contributed by atoms with van der Waals surface area (Å²) in [6, 6.07) is -0.298. The van der Waals surface area contributed by atoms with Crippen LogP contribution in [0.1, 0.15) is 26.2 Å². The molecule has 0 aliphatic rings. The minimum atomic E-state index is -0.878. The number of unbranched alkanes of at least 4 members (excludes halogenated alkanes) is 2. The van der Waals surface area contributed by atoms with E-state index in [1.165, 1.54) is 0 Å². The lowest BCUT2D eigenvalue weighted by Gasteiger charge is -2.09. The molecule has 0 aromatic carbocycles. The Kier molecular flexibility index (Phi) is 8.27. The third kappa shape index (κ3) is 7.82. The van der Waals surface area contributed by atoms with Gasteiger partial charge in [-0.15, -0.1) is 0 Å². The summed E-state index contributed by atoms with van der Waals surface area (Å²) in [5.74, 6) is 0. The fraction of sp³-hybridized carbons (Fsp3) is 0.889. The first-order valence-corrected chi connectivity index (χ1v) is 5.01. The monoisotopic (exact) mass is 204 g/mol. The van der Waals surface area contributed by atoms with Crippen molar-refractivity contribution in [1.82, 2.24) is 10.6 Å². The van der Waals surface area contributed by atoms with Crippen LogP contribution in [0, 0.1) is 0 Å². The van der Waals surface area contributed by atoms with Crippen LogP contribution in [0.4, 0.5) is 4.79 Å². The molecular formula is C9H20N2O3. The minimum absolute atomic E-state index is 0.0795. The number of nitrogens with one attached hydrogen (secondary N) is 2. The lowest BCUT2D eigenvalue weighted by atomic mass is 10.2. The number of hydrogen-bond acceptors (Lipinski definition) is 3. The van der Waals surface area contributed by atoms with Gasteiger partial charge in [0.05, 0.1) is 12.7 Å². The highest BCUT2D eigenvalue weighted by atomic mass is 16.3. The van der Waals surface area contributed by atoms with Crippen LogP contribution in [0.3, 0.4) is 0 Å². The van der Waals surface area contributed by atoms with Crippen molar-refractivity contribution in [1.29, 1.82) is 0 Å². The quantitative estimate of drug-likeness (QED) is 0.435. The molecule has 0 aliphatic carbocycles. The molecule has 2 amide bonds. The van der Waals surface area contributed by atoms with Crippen LogP contribution in [0.25, 0.3) is 0 Å². The zero-order valence-electron chi connectivity index (χ0n) is 8.62. The van der Waals surface area contributed by atoms with Crippen molar-refractivity contribution in [3.63, 3.8) is 0 Å². The van der Waals surface area contributed by atoms with Gasteiger partial charge in [0.1, 0.15) is 0 Å². The van der Waals surface area contributed by atoms with E-state index in [2.05, 4.69) is 17.6 Å². The summed E-state index contributed by atoms with van der Waals surface area (Å²) in [5, 5.41) is 22.5. The lowest BCUT2D eigenvalue weighted by molar-refractivity contribution is 0.0959. The van der Waals surface area contributed by atoms with E-state index >= 15 is 0 Å². The van der Waals surface area contributed by atoms with Gasteiger partial charge in [-0.2, -0.15) is 0 Å². The number of rotatable bonds is 7. The summed E-state index contributed by atoms with van der Waals surface area (Å²) in [6.45, 7) is 2.48. The van der Waals surface area contributed by atoms with Gasteiger partial charge < -0.3 is 20.8 Å². The van der Waals surface area contributed by atoms with Crippen LogP contribution in [0.5, 0.6) is 0 Å². The van der Waals surface area contributed by atoms with E-state index in [0.717, 1.165) is 19.3 Å². The van der Waals surface area contributed by atoms with Crippen molar-refractivity contribution in [3.8, 4) is 0 Å². The average molecular weight is 204 g/mol. The summed E-state index contributed by atoms with van der Waals surface area (Å²) in [6.07, 6.45) is 2.30. The van der Waals surface area contributed by atoms with Crippen molar-refractivity contribution in [2.45, 2.75) is 32.3 Å². The Morgan fingerprint density at radius 1 is 1.36 bits per heavy atom. The maximum absolute atomic E-state index is 11.0. The molecule has 0 aliphatic heterocycles. The SMILES string of the molecule is CCCCCNC(=O)NCC(O)CO. The van der Waals surface area contributed by atoms with E-state index in [4.69, 9.17) is 10.2 Å². The Balaban J connectivity index is 3.28. The molecule has 0 rings (SSSR count). The molecule has 1 unspecified atom stereocenters. The summed E-state index contributed by atoms with van der Waals surface area (Å²) in [7, 11) is 0. The topological polar surface area (TPSA) is 81.6 Å². The van der Waals surface area contributed by atoms with Crippen LogP contribution in [0.2, 0.25) is 0 Å². The van der Waals surface area contributed by atoms with Gasteiger partial charge in [0, 0.05) is 13.1 Å². The molecule has 0 aromatic rings. The van der Waals surface area contributed by atoms with E-state index in [0.29, 0.717) is 6.54 Å². The summed E-state index contributed by atoms with van der Waals surface area (Å²) in [4.78, 5) is 11.0. The number of amides is 2. The van der Waals surface area contributed by atoms with Gasteiger partial charge in [0.15, 0.2) is 0 Å². The van der Waals surface area contributed by atoms with Gasteiger partial charge in [0.2, 0.25) is 0 Å². The molecular weight excluding hydrogens is 184 g/mol. The van der Waals surface area contributed by atoms with Gasteiger partial charge in [-0.25, -0.2) is 4.79 Å². The van der Waals surface area contributed by atoms with E-state index in [1.807, 2.05) is 0 Å². The van der Waals surface area contributed by atoms with E-state index in [-0.39, 0.29) is 19.2 Å². The number of urea groups is 1. The van der Waals surface area contributed by atoms with Gasteiger partial charge in [-0.05, 0) is 6.42 Å². The fourth-order valence-electron chi connectivity index (χ4n) is 0.914. The molecule has 0 saturated heterocycles. The lowest BCUT2D eigenvalue weighted by Crippen LogP contribution is -2.40. The molecule has 0 spiro atoms. The summed E-state index contributed by atoms with van der Waals surface area (Å²) >= 11 is 0. The third-order valence-electron chi connectivity index (χ3n) is 1.77. The Bertz CT molecular complexity index is 153. The molecule has 0 bridgehead atoms. The van der Waals surface area contributed by atoms with Gasteiger partial charge >= 0.3 is 6.03 Å². The molecule has 5 nitrogen and oxygen atoms in total. The molecule has 84 valence electrons. The van der Waals surface area contributed by atoms with E-state index < -0.39 is 6.10 Å². The fourth-order valence-corrected chi connectivity index (χ4v) is 0.914. The molecule has 14 heavy (non-hydrogen) atoms. The van der Waals surface area contributed by atoms with E-state index in [9.17, 15) is 4.79 Å². The highest BCUT2D eigenvalue weighted by molar-refractivity contribution is 5.73. The van der Waals surface area contributed by atoms with Crippen LogP contribution >= 0.6 is 0 Å². The Labute approximate surface area is 84.5 Å². The minimum Gasteiger partial charge on any atom is -0.394 e. The number of hydrogen-bond donors (Lipinski definition) is 4. The molecule has 0 aromatic heterocycles. The second-order valence-corrected chi connectivity index (χ2v) is 3.18. The highest BCUT2D eigenvalue weighted by Gasteiger charge is 2.03. The first-order chi connectivity index (χ1) is 6.70. The van der Waals surface area contributed by atoms with Crippen molar-refractivity contribution in [2.24, 2.45) is 0 Å². The Morgan fingerprint density at radius 3 is 2.64 bits per heavy atom. The third-order valence-corrected chi connectivity index (χ3v) is 1.77. The Hall–Kier alpha value is -0.810. The molecule has 0 radical (unpaired) electrons. The van der Waals surface area contributed by atoms with Crippen molar-refractivity contribution < 1.29 is 15.0 Å². The molecule has 0 saturated carbocycles. The van der Waals surface area contributed by atoms with Crippen LogP contribution in [-0.4, -0.2) is 42.0 Å². The second kappa shape index (κ2) is 8.77. The second-order valence-electron chi connectivity index (χ2n) is 3.18. The van der Waals surface area contributed by atoms with Crippen molar-refractivity contribution in [2.75, 3.05) is 19.7 Å². The van der Waals surface area contributed by atoms with Gasteiger partial charge in [-0.3, -0.25) is 0 Å². The summed E-state index contributed by atoms with van der Waals surface area (Å²) < 4.78 is 0. The van der Waals surface area contributed by atoms with Gasteiger partial charge in [0.25, 0.3) is 0 Å². The zero-order valence-corrected chi connectivity index (χ0v) is 8.62. The zero-order chi connectivity index (χ0) is 10.8. The van der Waals surface area contributed by atoms with Crippen LogP contribution in [0.15, 0.2) is 0 Å². The van der Waals surface area contributed by atoms with Crippen LogP contribution < -0.4 is 10.6 Å². The maximum Gasteiger partial charge on any atom is 0.314 e. The van der Waals surface area contributed by atoms with Crippen molar-refractivity contribution in [3.05, 3.63) is 0 Å². The van der Waals surface area contributed by atoms with Crippen LogP contribution in [-0.2, 0) is 0 Å². The molecule has 0 heterocycles. The normalized spacial score (nSPS) is 12.2. The highest BCUT2D eigenvalue weighted by Crippen LogP contribution is 1.90. The molecule has 1 atom stereocenters. The molecule has 5 heteroatoms. The number of aliphatic hydroxyl groups is 2. The first-order valence-electron chi connectivity index (χ1n) is 5.01. The Morgan fingerprint density at radius 2 is 2.07 bits per heavy atom. The number of carbonyl (C=O) groups excluding carboxylic acids is 1. The standard InChI is InChI=1S/C9H20N2O3/c1-2-3-4-5-10-9(14)11-6-8(13)7-12/h8,12-13H,2-7H2,1H3,(H2,10,11,14). The molecule has 4 N–H and O–H groups in total. The first kappa shape index (κ1) is 13.2. The number of aliphatic hydroxyl groups excluding tert-OH is 2. The predicted molar refractivity (Wildman–Crippen MR) is 54.0 cm³/mol. The number of carbonyl (C=O) groups is 1. The average Bonchev–Trinajstić information content (AvgIpc) is 2.21. The smallest absolute Gasteiger partial charge is 0.314 e. The predicted octanol–water partition coefficient (Wildman–Crippen LogP) is -0.171. The maximum atomic E-state index is 11.0. The molecule has 0 fully saturated rings. The van der Waals surface area contributed by atoms with E-state index in [1.54, 1.807) is 0 Å². The largest absolute Gasteiger partial charge is 0.394 e. The van der Waals surface area contributed by atoms with Crippen molar-refractivity contribution >= 4 is 6.03 Å². The van der Waals surface area contributed by atoms with Gasteiger partial charge in [-0.1, -0.05) is 19.8 Å². The summed E-state index contributed by atoms with van der Waals surface area (Å²) in [5.41, 5.74) is 0.